The predicted octanol–water partition coefficient (Wildman–Crippen LogP) is 4.72. The van der Waals surface area contributed by atoms with E-state index in [0.717, 1.165) is 6.54 Å². The third-order valence-corrected chi connectivity index (χ3v) is 5.57. The average Bonchev–Trinajstić information content (AvgIpc) is 2.87. The molecular formula is C16H27NS. The summed E-state index contributed by atoms with van der Waals surface area (Å²) in [6, 6.07) is 4.58. The summed E-state index contributed by atoms with van der Waals surface area (Å²) >= 11 is 1.96. The minimum absolute atomic E-state index is 0.292. The molecule has 0 spiro atoms. The molecule has 1 nitrogen and oxygen atoms in total. The van der Waals surface area contributed by atoms with Crippen molar-refractivity contribution in [3.8, 4) is 0 Å². The monoisotopic (exact) mass is 265 g/mol. The van der Waals surface area contributed by atoms with E-state index in [-0.39, 0.29) is 0 Å². The van der Waals surface area contributed by atoms with Crippen LogP contribution in [-0.4, -0.2) is 6.54 Å². The molecule has 0 atom stereocenters. The highest BCUT2D eigenvalue weighted by molar-refractivity contribution is 7.12. The summed E-state index contributed by atoms with van der Waals surface area (Å²) in [5.41, 5.74) is 0.852. The normalized spacial score (nSPS) is 19.3. The SMILES string of the molecule is CC1(CNCc2ccc(C(C)(C)C)s2)CCCC1. The smallest absolute Gasteiger partial charge is 0.0300 e. The Morgan fingerprint density at radius 2 is 1.89 bits per heavy atom. The Morgan fingerprint density at radius 3 is 2.44 bits per heavy atom. The van der Waals surface area contributed by atoms with Crippen LogP contribution in [0.3, 0.4) is 0 Å². The molecule has 1 saturated carbocycles. The topological polar surface area (TPSA) is 12.0 Å². The molecule has 2 rings (SSSR count). The number of hydrogen-bond acceptors (Lipinski definition) is 2. The molecule has 0 amide bonds. The van der Waals surface area contributed by atoms with Crippen LogP contribution in [0.25, 0.3) is 0 Å². The molecule has 0 aromatic carbocycles. The van der Waals surface area contributed by atoms with Gasteiger partial charge < -0.3 is 5.32 Å². The van der Waals surface area contributed by atoms with E-state index >= 15 is 0 Å². The molecule has 1 aromatic heterocycles. The lowest BCUT2D eigenvalue weighted by Gasteiger charge is -2.23. The fraction of sp³-hybridized carbons (Fsp3) is 0.750. The third kappa shape index (κ3) is 3.58. The maximum atomic E-state index is 3.66. The number of rotatable bonds is 4. The first kappa shape index (κ1) is 14.1. The molecule has 0 bridgehead atoms. The largest absolute Gasteiger partial charge is 0.311 e. The first-order valence-electron chi connectivity index (χ1n) is 7.19. The van der Waals surface area contributed by atoms with Crippen LogP contribution in [0, 0.1) is 5.41 Å². The molecule has 1 heterocycles. The molecule has 102 valence electrons. The van der Waals surface area contributed by atoms with Crippen molar-refractivity contribution < 1.29 is 0 Å². The zero-order chi connectivity index (χ0) is 13.2. The van der Waals surface area contributed by atoms with Gasteiger partial charge in [0.15, 0.2) is 0 Å². The van der Waals surface area contributed by atoms with Crippen LogP contribution < -0.4 is 5.32 Å². The molecule has 1 aromatic rings. The van der Waals surface area contributed by atoms with Gasteiger partial charge in [-0.3, -0.25) is 0 Å². The Bertz CT molecular complexity index is 380. The van der Waals surface area contributed by atoms with Crippen molar-refractivity contribution in [2.45, 2.75) is 65.3 Å². The summed E-state index contributed by atoms with van der Waals surface area (Å²) < 4.78 is 0. The van der Waals surface area contributed by atoms with Gasteiger partial charge in [0.1, 0.15) is 0 Å². The Morgan fingerprint density at radius 1 is 1.22 bits per heavy atom. The highest BCUT2D eigenvalue weighted by Crippen LogP contribution is 2.37. The summed E-state index contributed by atoms with van der Waals surface area (Å²) in [6.45, 7) is 11.5. The molecule has 1 aliphatic rings. The van der Waals surface area contributed by atoms with Crippen molar-refractivity contribution in [1.82, 2.24) is 5.32 Å². The molecule has 0 radical (unpaired) electrons. The molecule has 2 heteroatoms. The van der Waals surface area contributed by atoms with Crippen LogP contribution >= 0.6 is 11.3 Å². The van der Waals surface area contributed by atoms with Crippen LogP contribution in [0.2, 0.25) is 0 Å². The van der Waals surface area contributed by atoms with Gasteiger partial charge in [0.2, 0.25) is 0 Å². The summed E-state index contributed by atoms with van der Waals surface area (Å²) in [4.78, 5) is 2.97. The third-order valence-electron chi connectivity index (χ3n) is 4.06. The lowest BCUT2D eigenvalue weighted by Crippen LogP contribution is -2.28. The summed E-state index contributed by atoms with van der Waals surface area (Å²) in [5.74, 6) is 0. The van der Waals surface area contributed by atoms with Crippen molar-refractivity contribution in [3.05, 3.63) is 21.9 Å². The fourth-order valence-electron chi connectivity index (χ4n) is 2.77. The zero-order valence-corrected chi connectivity index (χ0v) is 13.1. The van der Waals surface area contributed by atoms with Crippen molar-refractivity contribution in [3.63, 3.8) is 0 Å². The lowest BCUT2D eigenvalue weighted by atomic mass is 9.89. The molecule has 0 saturated heterocycles. The minimum Gasteiger partial charge on any atom is -0.311 e. The van der Waals surface area contributed by atoms with E-state index < -0.39 is 0 Å². The molecule has 1 N–H and O–H groups in total. The van der Waals surface area contributed by atoms with Gasteiger partial charge in [-0.2, -0.15) is 0 Å². The molecule has 0 aliphatic heterocycles. The molecule has 1 aliphatic carbocycles. The van der Waals surface area contributed by atoms with Crippen LogP contribution in [0.5, 0.6) is 0 Å². The first-order valence-corrected chi connectivity index (χ1v) is 8.01. The standard InChI is InChI=1S/C16H27NS/c1-15(2,3)14-8-7-13(18-14)11-17-12-16(4)9-5-6-10-16/h7-8,17H,5-6,9-12H2,1-4H3. The summed E-state index contributed by atoms with van der Waals surface area (Å²) in [5, 5.41) is 3.66. The fourth-order valence-corrected chi connectivity index (χ4v) is 3.80. The summed E-state index contributed by atoms with van der Waals surface area (Å²) in [7, 11) is 0. The van der Waals surface area contributed by atoms with Crippen molar-refractivity contribution in [1.29, 1.82) is 0 Å². The molecule has 1 fully saturated rings. The minimum atomic E-state index is 0.292. The highest BCUT2D eigenvalue weighted by Gasteiger charge is 2.27. The van der Waals surface area contributed by atoms with Gasteiger partial charge >= 0.3 is 0 Å². The van der Waals surface area contributed by atoms with Gasteiger partial charge in [-0.25, -0.2) is 0 Å². The van der Waals surface area contributed by atoms with Gasteiger partial charge in [-0.15, -0.1) is 11.3 Å². The van der Waals surface area contributed by atoms with Crippen LogP contribution in [0.4, 0.5) is 0 Å². The Hall–Kier alpha value is -0.340. The van der Waals surface area contributed by atoms with Gasteiger partial charge in [0, 0.05) is 22.8 Å². The Balaban J connectivity index is 1.82. The van der Waals surface area contributed by atoms with E-state index in [1.165, 1.54) is 42.0 Å². The quantitative estimate of drug-likeness (QED) is 0.831. The second-order valence-corrected chi connectivity index (χ2v) is 8.31. The van der Waals surface area contributed by atoms with Gasteiger partial charge in [-0.05, 0) is 35.8 Å². The molecule has 0 unspecified atom stereocenters. The predicted molar refractivity (Wildman–Crippen MR) is 81.3 cm³/mol. The van der Waals surface area contributed by atoms with E-state index in [1.807, 2.05) is 11.3 Å². The first-order chi connectivity index (χ1) is 8.39. The Kier molecular flexibility index (Phi) is 4.18. The van der Waals surface area contributed by atoms with E-state index in [1.54, 1.807) is 0 Å². The number of thiophene rings is 1. The maximum absolute atomic E-state index is 3.66. The van der Waals surface area contributed by atoms with E-state index in [2.05, 4.69) is 45.1 Å². The van der Waals surface area contributed by atoms with Crippen molar-refractivity contribution in [2.75, 3.05) is 6.54 Å². The second kappa shape index (κ2) is 5.34. The van der Waals surface area contributed by atoms with Gasteiger partial charge in [-0.1, -0.05) is 40.5 Å². The molecule has 18 heavy (non-hydrogen) atoms. The maximum Gasteiger partial charge on any atom is 0.0300 e. The second-order valence-electron chi connectivity index (χ2n) is 7.14. The van der Waals surface area contributed by atoms with Gasteiger partial charge in [0.25, 0.3) is 0 Å². The van der Waals surface area contributed by atoms with Crippen molar-refractivity contribution in [2.24, 2.45) is 5.41 Å². The zero-order valence-electron chi connectivity index (χ0n) is 12.3. The van der Waals surface area contributed by atoms with E-state index in [9.17, 15) is 0 Å². The lowest BCUT2D eigenvalue weighted by molar-refractivity contribution is 0.315. The average molecular weight is 265 g/mol. The van der Waals surface area contributed by atoms with Gasteiger partial charge in [0.05, 0.1) is 0 Å². The summed E-state index contributed by atoms with van der Waals surface area (Å²) in [6.07, 6.45) is 5.64. The van der Waals surface area contributed by atoms with Crippen LogP contribution in [0.15, 0.2) is 12.1 Å². The van der Waals surface area contributed by atoms with Crippen LogP contribution in [-0.2, 0) is 12.0 Å². The van der Waals surface area contributed by atoms with E-state index in [0.29, 0.717) is 10.8 Å². The van der Waals surface area contributed by atoms with Crippen LogP contribution in [0.1, 0.15) is 63.1 Å². The number of hydrogen-bond donors (Lipinski definition) is 1. The van der Waals surface area contributed by atoms with Crippen molar-refractivity contribution >= 4 is 11.3 Å². The number of nitrogens with one attached hydrogen (secondary N) is 1. The Labute approximate surface area is 116 Å². The molecular weight excluding hydrogens is 238 g/mol. The highest BCUT2D eigenvalue weighted by atomic mass is 32.1. The van der Waals surface area contributed by atoms with E-state index in [4.69, 9.17) is 0 Å².